The quantitative estimate of drug-likeness (QED) is 0.635. The molecule has 19 heavy (non-hydrogen) atoms. The molecule has 0 aromatic carbocycles. The van der Waals surface area contributed by atoms with Gasteiger partial charge >= 0.3 is 0 Å². The van der Waals surface area contributed by atoms with Gasteiger partial charge in [-0.2, -0.15) is 0 Å². The molecule has 0 aliphatic carbocycles. The number of carbonyl (C=O) groups excluding carboxylic acids is 1. The fraction of sp³-hybridized carbons (Fsp3) is 0.538. The second kappa shape index (κ2) is 6.73. The molecule has 0 bridgehead atoms. The molecule has 0 radical (unpaired) electrons. The topological polar surface area (TPSA) is 71.2 Å². The van der Waals surface area contributed by atoms with E-state index in [-0.39, 0.29) is 11.1 Å². The molecule has 1 aromatic heterocycles. The Morgan fingerprint density at radius 3 is 2.95 bits per heavy atom. The molecule has 0 saturated carbocycles. The minimum absolute atomic E-state index is 0.191. The molecule has 1 fully saturated rings. The van der Waals surface area contributed by atoms with Gasteiger partial charge in [0.1, 0.15) is 5.15 Å². The molecule has 3 N–H and O–H groups in total. The molecule has 1 aliphatic heterocycles. The number of nitrogens with one attached hydrogen (secondary N) is 1. The molecule has 2 rings (SSSR count). The first-order valence-electron chi connectivity index (χ1n) is 6.58. The Bertz CT molecular complexity index is 446. The van der Waals surface area contributed by atoms with Crippen molar-refractivity contribution in [2.75, 3.05) is 31.9 Å². The Balaban J connectivity index is 1.75. The number of rotatable bonds is 5. The zero-order valence-corrected chi connectivity index (χ0v) is 11.6. The molecule has 104 valence electrons. The van der Waals surface area contributed by atoms with Crippen LogP contribution in [0.15, 0.2) is 12.3 Å². The molecule has 2 heterocycles. The smallest absolute Gasteiger partial charge is 0.253 e. The second-order valence-corrected chi connectivity index (χ2v) is 5.14. The first kappa shape index (κ1) is 14.1. The minimum atomic E-state index is -0.191. The van der Waals surface area contributed by atoms with E-state index >= 15 is 0 Å². The number of amides is 1. The zero-order valence-electron chi connectivity index (χ0n) is 10.9. The third-order valence-corrected chi connectivity index (χ3v) is 3.49. The summed E-state index contributed by atoms with van der Waals surface area (Å²) in [6.45, 7) is 4.04. The normalized spacial score (nSPS) is 15.6. The van der Waals surface area contributed by atoms with Crippen LogP contribution in [0.1, 0.15) is 29.6 Å². The van der Waals surface area contributed by atoms with E-state index in [2.05, 4.69) is 15.2 Å². The van der Waals surface area contributed by atoms with Gasteiger partial charge in [0.15, 0.2) is 0 Å². The van der Waals surface area contributed by atoms with Gasteiger partial charge in [-0.15, -0.1) is 0 Å². The van der Waals surface area contributed by atoms with Gasteiger partial charge in [0.05, 0.1) is 17.4 Å². The average Bonchev–Trinajstić information content (AvgIpc) is 2.90. The van der Waals surface area contributed by atoms with E-state index in [9.17, 15) is 4.79 Å². The number of halogens is 1. The monoisotopic (exact) mass is 282 g/mol. The highest BCUT2D eigenvalue weighted by Crippen LogP contribution is 2.14. The molecule has 6 heteroatoms. The molecule has 1 saturated heterocycles. The van der Waals surface area contributed by atoms with Crippen LogP contribution < -0.4 is 11.1 Å². The largest absolute Gasteiger partial charge is 0.397 e. The standard InChI is InChI=1S/C13H19ClN4O/c14-12-8-10(11(15)9-17-12)13(19)16-4-3-7-18-5-1-2-6-18/h8-9H,1-7,15H2,(H,16,19). The van der Waals surface area contributed by atoms with Crippen molar-refractivity contribution >= 4 is 23.2 Å². The Hall–Kier alpha value is -1.33. The molecular formula is C13H19ClN4O. The number of carbonyl (C=O) groups is 1. The number of nitrogen functional groups attached to an aromatic ring is 1. The summed E-state index contributed by atoms with van der Waals surface area (Å²) in [4.78, 5) is 18.2. The average molecular weight is 283 g/mol. The number of anilines is 1. The summed E-state index contributed by atoms with van der Waals surface area (Å²) in [5.41, 5.74) is 6.44. The van der Waals surface area contributed by atoms with Crippen molar-refractivity contribution in [3.63, 3.8) is 0 Å². The van der Waals surface area contributed by atoms with Gasteiger partial charge in [0.2, 0.25) is 0 Å². The van der Waals surface area contributed by atoms with Crippen LogP contribution in [0.4, 0.5) is 5.69 Å². The molecule has 1 aromatic rings. The van der Waals surface area contributed by atoms with Gasteiger partial charge in [-0.1, -0.05) is 11.6 Å². The lowest BCUT2D eigenvalue weighted by Gasteiger charge is -2.14. The van der Waals surface area contributed by atoms with E-state index in [0.29, 0.717) is 17.8 Å². The molecule has 1 amide bonds. The summed E-state index contributed by atoms with van der Waals surface area (Å²) >= 11 is 5.75. The number of nitrogens with two attached hydrogens (primary N) is 1. The lowest BCUT2D eigenvalue weighted by atomic mass is 10.2. The highest BCUT2D eigenvalue weighted by molar-refractivity contribution is 6.29. The second-order valence-electron chi connectivity index (χ2n) is 4.75. The summed E-state index contributed by atoms with van der Waals surface area (Å²) < 4.78 is 0. The van der Waals surface area contributed by atoms with Gasteiger partial charge in [0.25, 0.3) is 5.91 Å². The molecule has 0 unspecified atom stereocenters. The number of aromatic nitrogens is 1. The number of pyridine rings is 1. The van der Waals surface area contributed by atoms with Gasteiger partial charge in [-0.3, -0.25) is 4.79 Å². The Labute approximate surface area is 118 Å². The molecule has 5 nitrogen and oxygen atoms in total. The summed E-state index contributed by atoms with van der Waals surface area (Å²) in [6, 6.07) is 1.49. The van der Waals surface area contributed by atoms with Crippen LogP contribution in [0.3, 0.4) is 0 Å². The van der Waals surface area contributed by atoms with Crippen LogP contribution in [-0.4, -0.2) is 42.0 Å². The van der Waals surface area contributed by atoms with Crippen LogP contribution in [0, 0.1) is 0 Å². The van der Waals surface area contributed by atoms with E-state index in [1.165, 1.54) is 38.2 Å². The fourth-order valence-electron chi connectivity index (χ4n) is 2.24. The van der Waals surface area contributed by atoms with Crippen LogP contribution in [0.2, 0.25) is 5.15 Å². The third kappa shape index (κ3) is 4.08. The van der Waals surface area contributed by atoms with E-state index in [4.69, 9.17) is 17.3 Å². The van der Waals surface area contributed by atoms with Gasteiger partial charge in [-0.25, -0.2) is 4.98 Å². The van der Waals surface area contributed by atoms with Gasteiger partial charge in [-0.05, 0) is 45.0 Å². The van der Waals surface area contributed by atoms with Gasteiger partial charge in [0, 0.05) is 6.54 Å². The number of nitrogens with zero attached hydrogens (tertiary/aromatic N) is 2. The van der Waals surface area contributed by atoms with Crippen molar-refractivity contribution in [2.24, 2.45) is 0 Å². The summed E-state index contributed by atoms with van der Waals surface area (Å²) in [7, 11) is 0. The first-order chi connectivity index (χ1) is 9.16. The molecular weight excluding hydrogens is 264 g/mol. The fourth-order valence-corrected chi connectivity index (χ4v) is 2.40. The van der Waals surface area contributed by atoms with Crippen molar-refractivity contribution in [3.8, 4) is 0 Å². The lowest BCUT2D eigenvalue weighted by Crippen LogP contribution is -2.29. The molecule has 1 aliphatic rings. The Morgan fingerprint density at radius 2 is 2.21 bits per heavy atom. The Morgan fingerprint density at radius 1 is 1.47 bits per heavy atom. The maximum absolute atomic E-state index is 11.9. The summed E-state index contributed by atoms with van der Waals surface area (Å²) in [5, 5.41) is 3.13. The van der Waals surface area contributed by atoms with Crippen LogP contribution in [-0.2, 0) is 0 Å². The van der Waals surface area contributed by atoms with Crippen LogP contribution >= 0.6 is 11.6 Å². The molecule has 0 atom stereocenters. The lowest BCUT2D eigenvalue weighted by molar-refractivity contribution is 0.0953. The van der Waals surface area contributed by atoms with Crippen LogP contribution in [0.5, 0.6) is 0 Å². The number of likely N-dealkylation sites (tertiary alicyclic amines) is 1. The highest BCUT2D eigenvalue weighted by atomic mass is 35.5. The van der Waals surface area contributed by atoms with E-state index in [1.807, 2.05) is 0 Å². The predicted molar refractivity (Wildman–Crippen MR) is 76.3 cm³/mol. The summed E-state index contributed by atoms with van der Waals surface area (Å²) in [5.74, 6) is -0.191. The van der Waals surface area contributed by atoms with E-state index in [0.717, 1.165) is 13.0 Å². The van der Waals surface area contributed by atoms with E-state index in [1.54, 1.807) is 0 Å². The Kier molecular flexibility index (Phi) is 4.99. The highest BCUT2D eigenvalue weighted by Gasteiger charge is 2.12. The van der Waals surface area contributed by atoms with Crippen LogP contribution in [0.25, 0.3) is 0 Å². The SMILES string of the molecule is Nc1cnc(Cl)cc1C(=O)NCCCN1CCCC1. The van der Waals surface area contributed by atoms with Crippen molar-refractivity contribution in [3.05, 3.63) is 23.0 Å². The predicted octanol–water partition coefficient (Wildman–Crippen LogP) is 1.53. The summed E-state index contributed by atoms with van der Waals surface area (Å²) in [6.07, 6.45) is 4.93. The van der Waals surface area contributed by atoms with Crippen molar-refractivity contribution in [2.45, 2.75) is 19.3 Å². The third-order valence-electron chi connectivity index (χ3n) is 3.28. The minimum Gasteiger partial charge on any atom is -0.397 e. The van der Waals surface area contributed by atoms with Crippen molar-refractivity contribution < 1.29 is 4.79 Å². The van der Waals surface area contributed by atoms with Crippen molar-refractivity contribution in [1.29, 1.82) is 0 Å². The maximum atomic E-state index is 11.9. The van der Waals surface area contributed by atoms with Crippen molar-refractivity contribution in [1.82, 2.24) is 15.2 Å². The van der Waals surface area contributed by atoms with E-state index < -0.39 is 0 Å². The molecule has 0 spiro atoms. The number of hydrogen-bond donors (Lipinski definition) is 2. The zero-order chi connectivity index (χ0) is 13.7. The first-order valence-corrected chi connectivity index (χ1v) is 6.96. The maximum Gasteiger partial charge on any atom is 0.253 e. The number of hydrogen-bond acceptors (Lipinski definition) is 4. The van der Waals surface area contributed by atoms with Gasteiger partial charge < -0.3 is 16.0 Å².